The molecule has 0 aliphatic rings. The lowest BCUT2D eigenvalue weighted by Gasteiger charge is -2.14. The van der Waals surface area contributed by atoms with Crippen molar-refractivity contribution in [3.05, 3.63) is 140 Å². The molecule has 0 saturated carbocycles. The molecule has 0 spiro atoms. The van der Waals surface area contributed by atoms with E-state index in [-0.39, 0.29) is 0 Å². The second-order valence-electron chi connectivity index (χ2n) is 11.4. The van der Waals surface area contributed by atoms with Crippen molar-refractivity contribution in [3.8, 4) is 28.5 Å². The molecule has 7 aromatic carbocycles. The Morgan fingerprint density at radius 2 is 0.977 bits per heavy atom. The number of rotatable bonds is 3. The number of hydrogen-bond acceptors (Lipinski definition) is 3. The summed E-state index contributed by atoms with van der Waals surface area (Å²) in [7, 11) is 0. The van der Waals surface area contributed by atoms with Crippen molar-refractivity contribution in [1.82, 2.24) is 14.5 Å². The molecule has 0 amide bonds. The van der Waals surface area contributed by atoms with Gasteiger partial charge >= 0.3 is 0 Å². The number of thiophene rings is 1. The minimum absolute atomic E-state index is 0.673. The largest absolute Gasteiger partial charge is 0.277 e. The van der Waals surface area contributed by atoms with E-state index in [1.54, 1.807) is 0 Å². The number of benzene rings is 7. The van der Waals surface area contributed by atoms with Crippen molar-refractivity contribution >= 4 is 74.9 Å². The molecule has 3 nitrogen and oxygen atoms in total. The molecule has 0 radical (unpaired) electrons. The molecule has 4 heteroatoms. The Balaban J connectivity index is 1.42. The van der Waals surface area contributed by atoms with Gasteiger partial charge in [-0.2, -0.15) is 0 Å². The van der Waals surface area contributed by atoms with E-state index in [0.29, 0.717) is 5.95 Å². The Labute approximate surface area is 256 Å². The van der Waals surface area contributed by atoms with Crippen LogP contribution in [-0.4, -0.2) is 14.5 Å². The number of para-hydroxylation sites is 1. The third-order valence-electron chi connectivity index (χ3n) is 8.97. The zero-order valence-electron chi connectivity index (χ0n) is 23.5. The lowest BCUT2D eigenvalue weighted by Crippen LogP contribution is -2.04. The van der Waals surface area contributed by atoms with Crippen LogP contribution in [0.3, 0.4) is 0 Å². The fourth-order valence-corrected chi connectivity index (χ4v) is 8.27. The average molecular weight is 578 g/mol. The Kier molecular flexibility index (Phi) is 4.87. The first-order valence-corrected chi connectivity index (χ1v) is 15.7. The van der Waals surface area contributed by atoms with Gasteiger partial charge in [-0.1, -0.05) is 115 Å². The molecule has 0 bridgehead atoms. The standard InChI is InChI=1S/C40H23N3S/c1-3-11-24(12-4-1)31-23-32(25-13-5-2-6-14-25)42-40(41-31)43-33-18-8-7-15-26(33)29-22-21-28-27-16-9-19-34-37(27)38-30(36(28)39(29)43)17-10-20-35(38)44-34/h1-23H. The molecule has 0 aliphatic heterocycles. The second kappa shape index (κ2) is 8.96. The van der Waals surface area contributed by atoms with Crippen LogP contribution in [0, 0.1) is 0 Å². The summed E-state index contributed by atoms with van der Waals surface area (Å²) in [6.07, 6.45) is 0. The smallest absolute Gasteiger partial charge is 0.235 e. The molecule has 10 rings (SSSR count). The number of aromatic nitrogens is 3. The van der Waals surface area contributed by atoms with Gasteiger partial charge in [0.25, 0.3) is 0 Å². The molecule has 0 atom stereocenters. The van der Waals surface area contributed by atoms with E-state index in [4.69, 9.17) is 9.97 Å². The Morgan fingerprint density at radius 3 is 1.68 bits per heavy atom. The third-order valence-corrected chi connectivity index (χ3v) is 10.1. The third kappa shape index (κ3) is 3.26. The fraction of sp³-hybridized carbons (Fsp3) is 0. The summed E-state index contributed by atoms with van der Waals surface area (Å²) in [6, 6.07) is 49.7. The topological polar surface area (TPSA) is 30.7 Å². The Morgan fingerprint density at radius 1 is 0.432 bits per heavy atom. The maximum Gasteiger partial charge on any atom is 0.235 e. The molecule has 10 aromatic rings. The molecule has 0 unspecified atom stereocenters. The summed E-state index contributed by atoms with van der Waals surface area (Å²) >= 11 is 1.88. The van der Waals surface area contributed by atoms with Crippen molar-refractivity contribution in [2.45, 2.75) is 0 Å². The molecule has 0 N–H and O–H groups in total. The summed E-state index contributed by atoms with van der Waals surface area (Å²) < 4.78 is 4.96. The monoisotopic (exact) mass is 577 g/mol. The highest BCUT2D eigenvalue weighted by molar-refractivity contribution is 7.26. The van der Waals surface area contributed by atoms with Gasteiger partial charge < -0.3 is 0 Å². The van der Waals surface area contributed by atoms with E-state index in [0.717, 1.165) is 33.5 Å². The van der Waals surface area contributed by atoms with Gasteiger partial charge in [0.15, 0.2) is 0 Å². The van der Waals surface area contributed by atoms with Gasteiger partial charge in [-0.05, 0) is 40.4 Å². The molecule has 0 fully saturated rings. The van der Waals surface area contributed by atoms with E-state index in [2.05, 4.69) is 132 Å². The van der Waals surface area contributed by atoms with Gasteiger partial charge in [-0.3, -0.25) is 4.57 Å². The molecular weight excluding hydrogens is 555 g/mol. The van der Waals surface area contributed by atoms with E-state index >= 15 is 0 Å². The predicted molar refractivity (Wildman–Crippen MR) is 186 cm³/mol. The van der Waals surface area contributed by atoms with Crippen molar-refractivity contribution in [1.29, 1.82) is 0 Å². The quantitative estimate of drug-likeness (QED) is 0.196. The van der Waals surface area contributed by atoms with Gasteiger partial charge in [0.1, 0.15) is 0 Å². The second-order valence-corrected chi connectivity index (χ2v) is 12.5. The van der Waals surface area contributed by atoms with E-state index in [1.165, 1.54) is 52.5 Å². The highest BCUT2D eigenvalue weighted by Crippen LogP contribution is 2.48. The predicted octanol–water partition coefficient (Wildman–Crippen LogP) is 11.0. The van der Waals surface area contributed by atoms with Crippen molar-refractivity contribution in [3.63, 3.8) is 0 Å². The van der Waals surface area contributed by atoms with Crippen LogP contribution in [0.4, 0.5) is 0 Å². The average Bonchev–Trinajstić information content (AvgIpc) is 3.65. The van der Waals surface area contributed by atoms with Crippen LogP contribution >= 0.6 is 11.3 Å². The van der Waals surface area contributed by atoms with Crippen LogP contribution in [0.5, 0.6) is 0 Å². The molecule has 0 saturated heterocycles. The van der Waals surface area contributed by atoms with Crippen LogP contribution in [-0.2, 0) is 0 Å². The molecule has 3 aromatic heterocycles. The normalized spacial score (nSPS) is 12.1. The summed E-state index contributed by atoms with van der Waals surface area (Å²) in [6.45, 7) is 0. The van der Waals surface area contributed by atoms with Crippen LogP contribution < -0.4 is 0 Å². The fourth-order valence-electron chi connectivity index (χ4n) is 7.11. The zero-order valence-corrected chi connectivity index (χ0v) is 24.3. The SMILES string of the molecule is c1ccc(-c2cc(-c3ccccc3)nc(-n3c4ccccc4c4ccc5c6cccc7sc8cccc(c8c76)c5c43)n2)cc1. The molecule has 44 heavy (non-hydrogen) atoms. The van der Waals surface area contributed by atoms with E-state index in [1.807, 2.05) is 23.5 Å². The lowest BCUT2D eigenvalue weighted by atomic mass is 9.93. The first kappa shape index (κ1) is 23.9. The molecule has 3 heterocycles. The summed E-state index contributed by atoms with van der Waals surface area (Å²) in [5.41, 5.74) is 6.18. The van der Waals surface area contributed by atoms with Crippen molar-refractivity contribution < 1.29 is 0 Å². The molecular formula is C40H23N3S. The highest BCUT2D eigenvalue weighted by atomic mass is 32.1. The lowest BCUT2D eigenvalue weighted by molar-refractivity contribution is 0.998. The Bertz CT molecular complexity index is 2650. The molecule has 0 aliphatic carbocycles. The van der Waals surface area contributed by atoms with Gasteiger partial charge in [0, 0.05) is 47.5 Å². The number of nitrogens with zero attached hydrogens (tertiary/aromatic N) is 3. The van der Waals surface area contributed by atoms with Gasteiger partial charge in [-0.25, -0.2) is 9.97 Å². The van der Waals surface area contributed by atoms with Gasteiger partial charge in [0.05, 0.1) is 22.4 Å². The zero-order chi connectivity index (χ0) is 28.8. The van der Waals surface area contributed by atoms with Crippen LogP contribution in [0.15, 0.2) is 140 Å². The molecule has 204 valence electrons. The first-order chi connectivity index (χ1) is 21.8. The summed E-state index contributed by atoms with van der Waals surface area (Å²) in [5.74, 6) is 0.673. The van der Waals surface area contributed by atoms with Gasteiger partial charge in [0.2, 0.25) is 5.95 Å². The van der Waals surface area contributed by atoms with Gasteiger partial charge in [-0.15, -0.1) is 11.3 Å². The number of fused-ring (bicyclic) bond motifs is 7. The van der Waals surface area contributed by atoms with Crippen LogP contribution in [0.2, 0.25) is 0 Å². The van der Waals surface area contributed by atoms with Crippen molar-refractivity contribution in [2.75, 3.05) is 0 Å². The minimum Gasteiger partial charge on any atom is -0.277 e. The summed E-state index contributed by atoms with van der Waals surface area (Å²) in [5, 5.41) is 10.2. The van der Waals surface area contributed by atoms with E-state index in [9.17, 15) is 0 Å². The highest BCUT2D eigenvalue weighted by Gasteiger charge is 2.22. The van der Waals surface area contributed by atoms with Crippen LogP contribution in [0.25, 0.3) is 92.0 Å². The summed E-state index contributed by atoms with van der Waals surface area (Å²) in [4.78, 5) is 10.6. The Hall–Kier alpha value is -5.58. The maximum absolute atomic E-state index is 5.30. The maximum atomic E-state index is 5.30. The first-order valence-electron chi connectivity index (χ1n) is 14.8. The van der Waals surface area contributed by atoms with E-state index < -0.39 is 0 Å². The number of hydrogen-bond donors (Lipinski definition) is 0. The van der Waals surface area contributed by atoms with Crippen molar-refractivity contribution in [2.24, 2.45) is 0 Å². The van der Waals surface area contributed by atoms with Crippen LogP contribution in [0.1, 0.15) is 0 Å². The minimum atomic E-state index is 0.673.